The van der Waals surface area contributed by atoms with Crippen molar-refractivity contribution in [3.8, 4) is 0 Å². The Labute approximate surface area is 134 Å². The normalized spacial score (nSPS) is 49.8. The van der Waals surface area contributed by atoms with Crippen LogP contribution in [0.5, 0.6) is 0 Å². The smallest absolute Gasteiger partial charge is 0.221 e. The number of allylic oxidation sites excluding steroid dienone is 4. The van der Waals surface area contributed by atoms with Crippen molar-refractivity contribution in [2.45, 2.75) is 58.8 Å². The fourth-order valence-corrected chi connectivity index (χ4v) is 6.77. The largest absolute Gasteiger partial charge is 0.369 e. The van der Waals surface area contributed by atoms with Gasteiger partial charge >= 0.3 is 0 Å². The lowest BCUT2D eigenvalue weighted by Crippen LogP contribution is -2.50. The van der Waals surface area contributed by atoms with Gasteiger partial charge < -0.3 is 5.73 Å². The summed E-state index contributed by atoms with van der Waals surface area (Å²) in [5, 5.41) is 0. The van der Waals surface area contributed by atoms with Crippen molar-refractivity contribution in [1.82, 2.24) is 0 Å². The third-order valence-electron chi connectivity index (χ3n) is 8.00. The number of hydrogen-bond acceptors (Lipinski definition) is 1. The molecule has 4 aliphatic carbocycles. The Bertz CT molecular complexity index is 562. The summed E-state index contributed by atoms with van der Waals surface area (Å²) < 4.78 is 0. The Balaban J connectivity index is 1.70. The average molecular weight is 299 g/mol. The Morgan fingerprint density at radius 3 is 2.77 bits per heavy atom. The molecule has 0 radical (unpaired) electrons. The molecule has 0 saturated heterocycles. The highest BCUT2D eigenvalue weighted by Gasteiger charge is 2.58. The van der Waals surface area contributed by atoms with Crippen molar-refractivity contribution in [3.63, 3.8) is 0 Å². The number of carbonyl (C=O) groups excluding carboxylic acids is 1. The monoisotopic (exact) mass is 299 g/mol. The van der Waals surface area contributed by atoms with Gasteiger partial charge in [0.25, 0.3) is 0 Å². The van der Waals surface area contributed by atoms with E-state index in [-0.39, 0.29) is 17.2 Å². The minimum atomic E-state index is -0.0534. The maximum absolute atomic E-state index is 11.9. The second kappa shape index (κ2) is 4.72. The van der Waals surface area contributed by atoms with Crippen LogP contribution in [0.15, 0.2) is 23.8 Å². The van der Waals surface area contributed by atoms with Crippen LogP contribution in [0, 0.1) is 34.5 Å². The van der Waals surface area contributed by atoms with E-state index >= 15 is 0 Å². The summed E-state index contributed by atoms with van der Waals surface area (Å²) in [4.78, 5) is 11.9. The molecule has 2 N–H and O–H groups in total. The standard InChI is InChI=1S/C20H29NO/c1-19-11-4-3-5-13(19)6-7-14-15-8-9-17(18(21)22)20(15,2)12-10-16(14)19/h3,5-6,14-17H,4,7-12H2,1-2H3,(H2,21,22)/t14-,15-,16-,17+,19-,20-/m0/s1. The zero-order valence-corrected chi connectivity index (χ0v) is 14.0. The molecule has 2 saturated carbocycles. The van der Waals surface area contributed by atoms with Crippen LogP contribution in [0.3, 0.4) is 0 Å². The van der Waals surface area contributed by atoms with Gasteiger partial charge in [-0.2, -0.15) is 0 Å². The van der Waals surface area contributed by atoms with Crippen LogP contribution < -0.4 is 5.73 Å². The summed E-state index contributed by atoms with van der Waals surface area (Å²) >= 11 is 0. The summed E-state index contributed by atoms with van der Waals surface area (Å²) in [5.41, 5.74) is 7.87. The number of hydrogen-bond donors (Lipinski definition) is 1. The topological polar surface area (TPSA) is 43.1 Å². The first-order chi connectivity index (χ1) is 10.5. The molecule has 120 valence electrons. The first-order valence-corrected chi connectivity index (χ1v) is 9.13. The molecule has 6 atom stereocenters. The van der Waals surface area contributed by atoms with Crippen LogP contribution in [-0.2, 0) is 4.79 Å². The fourth-order valence-electron chi connectivity index (χ4n) is 6.77. The molecule has 0 aliphatic heterocycles. The molecule has 2 heteroatoms. The van der Waals surface area contributed by atoms with Gasteiger partial charge in [0.1, 0.15) is 0 Å². The maximum atomic E-state index is 11.9. The van der Waals surface area contributed by atoms with Gasteiger partial charge in [-0.05, 0) is 79.1 Å². The minimum absolute atomic E-state index is 0.0534. The lowest BCUT2D eigenvalue weighted by Gasteiger charge is -2.56. The predicted molar refractivity (Wildman–Crippen MR) is 88.9 cm³/mol. The number of nitrogens with two attached hydrogens (primary N) is 1. The molecule has 0 unspecified atom stereocenters. The molecule has 4 aliphatic rings. The molecular weight excluding hydrogens is 270 g/mol. The summed E-state index contributed by atoms with van der Waals surface area (Å²) in [6.07, 6.45) is 15.7. The zero-order valence-electron chi connectivity index (χ0n) is 14.0. The Kier molecular flexibility index (Phi) is 3.12. The van der Waals surface area contributed by atoms with E-state index in [1.165, 1.54) is 38.5 Å². The van der Waals surface area contributed by atoms with E-state index in [0.29, 0.717) is 11.3 Å². The molecule has 0 spiro atoms. The Morgan fingerprint density at radius 2 is 2.00 bits per heavy atom. The highest BCUT2D eigenvalue weighted by Crippen LogP contribution is 2.65. The molecule has 1 amide bonds. The van der Waals surface area contributed by atoms with E-state index < -0.39 is 0 Å². The lowest BCUT2D eigenvalue weighted by molar-refractivity contribution is -0.128. The van der Waals surface area contributed by atoms with E-state index in [1.807, 2.05) is 0 Å². The minimum Gasteiger partial charge on any atom is -0.369 e. The molecule has 4 rings (SSSR count). The number of fused-ring (bicyclic) bond motifs is 5. The Hall–Kier alpha value is -1.05. The molecule has 0 heterocycles. The van der Waals surface area contributed by atoms with E-state index in [0.717, 1.165) is 18.3 Å². The second-order valence-electron chi connectivity index (χ2n) is 8.71. The van der Waals surface area contributed by atoms with Gasteiger partial charge in [0.15, 0.2) is 0 Å². The molecule has 0 aromatic carbocycles. The van der Waals surface area contributed by atoms with Crippen molar-refractivity contribution in [1.29, 1.82) is 0 Å². The third kappa shape index (κ3) is 1.76. The van der Waals surface area contributed by atoms with Gasteiger partial charge in [-0.25, -0.2) is 0 Å². The van der Waals surface area contributed by atoms with Gasteiger partial charge in [0, 0.05) is 5.92 Å². The fraction of sp³-hybridized carbons (Fsp3) is 0.750. The molecular formula is C20H29NO. The van der Waals surface area contributed by atoms with E-state index in [9.17, 15) is 4.79 Å². The number of amides is 1. The van der Waals surface area contributed by atoms with Crippen LogP contribution in [0.2, 0.25) is 0 Å². The first-order valence-electron chi connectivity index (χ1n) is 9.13. The molecule has 0 aromatic heterocycles. The summed E-state index contributed by atoms with van der Waals surface area (Å²) in [6, 6.07) is 0. The molecule has 2 nitrogen and oxygen atoms in total. The van der Waals surface area contributed by atoms with E-state index in [1.54, 1.807) is 5.57 Å². The van der Waals surface area contributed by atoms with Crippen LogP contribution in [0.25, 0.3) is 0 Å². The van der Waals surface area contributed by atoms with Gasteiger partial charge in [-0.3, -0.25) is 4.79 Å². The second-order valence-corrected chi connectivity index (χ2v) is 8.71. The van der Waals surface area contributed by atoms with E-state index in [2.05, 4.69) is 32.1 Å². The SMILES string of the molecule is C[C@]12CC[C@H]3[C@@H](CC=C4C=CCC[C@@]43C)[C@@H]1CC[C@@H]2C(N)=O. The lowest BCUT2D eigenvalue weighted by atomic mass is 9.48. The van der Waals surface area contributed by atoms with Gasteiger partial charge in [0.05, 0.1) is 0 Å². The van der Waals surface area contributed by atoms with Gasteiger partial charge in [-0.1, -0.05) is 32.1 Å². The van der Waals surface area contributed by atoms with Crippen molar-refractivity contribution in [2.24, 2.45) is 40.2 Å². The van der Waals surface area contributed by atoms with Crippen LogP contribution in [-0.4, -0.2) is 5.91 Å². The number of rotatable bonds is 1. The van der Waals surface area contributed by atoms with Crippen LogP contribution in [0.1, 0.15) is 58.8 Å². The predicted octanol–water partition coefficient (Wildman–Crippen LogP) is 4.22. The molecule has 0 aromatic rings. The highest BCUT2D eigenvalue weighted by molar-refractivity contribution is 5.78. The van der Waals surface area contributed by atoms with Crippen molar-refractivity contribution < 1.29 is 4.79 Å². The van der Waals surface area contributed by atoms with Gasteiger partial charge in [-0.15, -0.1) is 0 Å². The summed E-state index contributed by atoms with van der Waals surface area (Å²) in [7, 11) is 0. The summed E-state index contributed by atoms with van der Waals surface area (Å²) in [6.45, 7) is 4.86. The zero-order chi connectivity index (χ0) is 15.5. The molecule has 2 fully saturated rings. The van der Waals surface area contributed by atoms with Crippen molar-refractivity contribution in [2.75, 3.05) is 0 Å². The molecule has 0 bridgehead atoms. The maximum Gasteiger partial charge on any atom is 0.221 e. The van der Waals surface area contributed by atoms with Crippen molar-refractivity contribution >= 4 is 5.91 Å². The molecule has 22 heavy (non-hydrogen) atoms. The Morgan fingerprint density at radius 1 is 1.18 bits per heavy atom. The summed E-state index contributed by atoms with van der Waals surface area (Å²) in [5.74, 6) is 2.33. The first kappa shape index (κ1) is 14.5. The highest BCUT2D eigenvalue weighted by atomic mass is 16.1. The third-order valence-corrected chi connectivity index (χ3v) is 8.00. The van der Waals surface area contributed by atoms with Crippen LogP contribution >= 0.6 is 0 Å². The van der Waals surface area contributed by atoms with Crippen LogP contribution in [0.4, 0.5) is 0 Å². The van der Waals surface area contributed by atoms with Gasteiger partial charge in [0.2, 0.25) is 5.91 Å². The number of carbonyl (C=O) groups is 1. The number of primary amides is 1. The average Bonchev–Trinajstić information content (AvgIpc) is 2.84. The quantitative estimate of drug-likeness (QED) is 0.774. The van der Waals surface area contributed by atoms with Crippen molar-refractivity contribution in [3.05, 3.63) is 23.8 Å². The van der Waals surface area contributed by atoms with E-state index in [4.69, 9.17) is 5.73 Å².